The van der Waals surface area contributed by atoms with Gasteiger partial charge in [-0.25, -0.2) is 0 Å². The number of carbonyl (C=O) groups is 1. The molecule has 0 aromatic heterocycles. The van der Waals surface area contributed by atoms with Crippen LogP contribution in [-0.2, 0) is 6.54 Å². The van der Waals surface area contributed by atoms with Gasteiger partial charge in [0.1, 0.15) is 0 Å². The van der Waals surface area contributed by atoms with Crippen molar-refractivity contribution in [2.24, 2.45) is 0 Å². The summed E-state index contributed by atoms with van der Waals surface area (Å²) >= 11 is 3.87. The molecule has 4 rings (SSSR count). The van der Waals surface area contributed by atoms with Crippen LogP contribution >= 0.6 is 15.9 Å². The number of alkyl halides is 2. The van der Waals surface area contributed by atoms with E-state index in [0.29, 0.717) is 17.0 Å². The van der Waals surface area contributed by atoms with Gasteiger partial charge in [0.15, 0.2) is 0 Å². The number of nitrogens with zero attached hydrogens (tertiary/aromatic N) is 1. The van der Waals surface area contributed by atoms with E-state index in [1.54, 1.807) is 0 Å². The zero-order valence-electron chi connectivity index (χ0n) is 12.4. The summed E-state index contributed by atoms with van der Waals surface area (Å²) in [4.78, 5) is 14.6. The fourth-order valence-electron chi connectivity index (χ4n) is 2.85. The molecule has 0 spiro atoms. The predicted octanol–water partition coefficient (Wildman–Crippen LogP) is 0.600. The molecule has 1 atom stereocenters. The average molecular weight is 479 g/mol. The van der Waals surface area contributed by atoms with Crippen molar-refractivity contribution >= 4 is 21.8 Å². The molecule has 0 aliphatic carbocycles. The summed E-state index contributed by atoms with van der Waals surface area (Å²) in [5, 5.41) is 0. The van der Waals surface area contributed by atoms with Gasteiger partial charge in [0, 0.05) is 0 Å². The summed E-state index contributed by atoms with van der Waals surface area (Å²) in [6.45, 7) is 1.16. The molecule has 2 aromatic carbocycles. The molecule has 0 radical (unpaired) electrons. The molecular weight excluding hydrogens is 465 g/mol. The summed E-state index contributed by atoms with van der Waals surface area (Å²) in [6, 6.07) is 14.1. The maximum atomic E-state index is 12.8. The number of hydrogen-bond acceptors (Lipinski definition) is 1. The van der Waals surface area contributed by atoms with Crippen LogP contribution in [-0.4, -0.2) is 21.8 Å². The van der Waals surface area contributed by atoms with Crippen LogP contribution in [0.1, 0.15) is 31.0 Å². The van der Waals surface area contributed by atoms with E-state index >= 15 is 0 Å². The number of halogens is 2. The molecule has 1 amide bonds. The van der Waals surface area contributed by atoms with Crippen LogP contribution in [0.25, 0.3) is 0 Å². The van der Waals surface area contributed by atoms with Gasteiger partial charge in [-0.05, 0) is 0 Å². The molecule has 2 aliphatic rings. The Kier molecular flexibility index (Phi) is 4.16. The maximum absolute atomic E-state index is 12.8. The van der Waals surface area contributed by atoms with Crippen LogP contribution in [0.5, 0.6) is 0 Å². The Morgan fingerprint density at radius 3 is 2.78 bits per heavy atom. The van der Waals surface area contributed by atoms with Crippen molar-refractivity contribution in [1.29, 1.82) is 0 Å². The van der Waals surface area contributed by atoms with Gasteiger partial charge in [-0.3, -0.25) is 0 Å². The third-order valence-corrected chi connectivity index (χ3v) is 6.89. The number of hydrogen-bond donors (Lipinski definition) is 0. The Morgan fingerprint density at radius 2 is 2.04 bits per heavy atom. The van der Waals surface area contributed by atoms with E-state index in [4.69, 9.17) is 0 Å². The van der Waals surface area contributed by atoms with Gasteiger partial charge in [-0.2, -0.15) is 0 Å². The number of fused-ring (bicyclic) bond motifs is 1. The Labute approximate surface area is 154 Å². The summed E-state index contributed by atoms with van der Waals surface area (Å²) < 4.78 is 3.08. The number of amides is 1. The Balaban J connectivity index is 1.56. The van der Waals surface area contributed by atoms with E-state index in [9.17, 15) is 4.79 Å². The van der Waals surface area contributed by atoms with Crippen molar-refractivity contribution in [3.8, 4) is 11.8 Å². The molecule has 1 fully saturated rings. The summed E-state index contributed by atoms with van der Waals surface area (Å²) in [6.07, 6.45) is 0. The fraction of sp³-hybridized carbons (Fsp3) is 0.211. The van der Waals surface area contributed by atoms with Crippen molar-refractivity contribution in [3.05, 3.63) is 69.2 Å². The summed E-state index contributed by atoms with van der Waals surface area (Å²) in [5.74, 6) is 6.42. The molecule has 2 aromatic rings. The van der Waals surface area contributed by atoms with E-state index in [1.807, 2.05) is 35.2 Å². The zero-order valence-corrected chi connectivity index (χ0v) is 16.1. The molecule has 23 heavy (non-hydrogen) atoms. The molecule has 2 heterocycles. The van der Waals surface area contributed by atoms with E-state index in [1.165, 1.54) is 9.99 Å². The first-order chi connectivity index (χ1) is 11.2. The first kappa shape index (κ1) is 15.2. The first-order valence-electron chi connectivity index (χ1n) is 7.45. The fourth-order valence-corrected chi connectivity index (χ4v) is 5.07. The minimum atomic E-state index is 0.153. The first-order valence-corrected chi connectivity index (χ1v) is 11.0. The van der Waals surface area contributed by atoms with Gasteiger partial charge in [0.05, 0.1) is 0 Å². The summed E-state index contributed by atoms with van der Waals surface area (Å²) in [5.41, 5.74) is 4.36. The van der Waals surface area contributed by atoms with Crippen LogP contribution in [0.3, 0.4) is 0 Å². The normalized spacial score (nSPS) is 18.7. The molecular formula is C19H14BrINO-. The van der Waals surface area contributed by atoms with Crippen LogP contribution < -0.4 is 21.2 Å². The van der Waals surface area contributed by atoms with Crippen molar-refractivity contribution in [3.63, 3.8) is 0 Å². The second-order valence-electron chi connectivity index (χ2n) is 5.63. The van der Waals surface area contributed by atoms with Crippen molar-refractivity contribution in [2.75, 3.05) is 11.0 Å². The standard InChI is InChI=1S/C19H14BrINO/c20-15-9-14-12-22(8-4-7-13-5-2-1-3-6-13)19(23)18(14)16(10-15)17-11-21-17/h1-3,5-6,9-10,17H,8,11-12H2/q-1. The Hall–Kier alpha value is -1.32. The number of benzene rings is 2. The van der Waals surface area contributed by atoms with Gasteiger partial charge < -0.3 is 0 Å². The second-order valence-corrected chi connectivity index (χ2v) is 9.82. The predicted molar refractivity (Wildman–Crippen MR) is 89.8 cm³/mol. The average Bonchev–Trinajstić information content (AvgIpc) is 3.34. The van der Waals surface area contributed by atoms with Crippen LogP contribution in [0.4, 0.5) is 0 Å². The molecule has 2 aliphatic heterocycles. The van der Waals surface area contributed by atoms with Crippen molar-refractivity contribution in [2.45, 2.75) is 10.5 Å². The van der Waals surface area contributed by atoms with Crippen LogP contribution in [0.2, 0.25) is 0 Å². The molecule has 116 valence electrons. The molecule has 2 nitrogen and oxygen atoms in total. The third-order valence-electron chi connectivity index (χ3n) is 4.00. The number of carbonyl (C=O) groups excluding carboxylic acids is 1. The monoisotopic (exact) mass is 478 g/mol. The Morgan fingerprint density at radius 1 is 1.26 bits per heavy atom. The van der Waals surface area contributed by atoms with Gasteiger partial charge in [0.2, 0.25) is 0 Å². The topological polar surface area (TPSA) is 20.3 Å². The second kappa shape index (κ2) is 6.29. The van der Waals surface area contributed by atoms with E-state index < -0.39 is 0 Å². The zero-order chi connectivity index (χ0) is 15.8. The van der Waals surface area contributed by atoms with Crippen molar-refractivity contribution < 1.29 is 26.0 Å². The van der Waals surface area contributed by atoms with Gasteiger partial charge in [-0.15, -0.1) is 0 Å². The molecule has 0 saturated carbocycles. The molecule has 4 heteroatoms. The SMILES string of the molecule is O=C1c2c(cc(Br)cc2C2C[I-]2)CN1CC#Cc1ccccc1. The van der Waals surface area contributed by atoms with Gasteiger partial charge in [-0.1, -0.05) is 0 Å². The molecule has 1 saturated heterocycles. The number of rotatable bonds is 2. The van der Waals surface area contributed by atoms with Crippen LogP contribution in [0.15, 0.2) is 46.9 Å². The third kappa shape index (κ3) is 3.17. The molecule has 0 N–H and O–H groups in total. The van der Waals surface area contributed by atoms with E-state index in [2.05, 4.69) is 39.9 Å². The van der Waals surface area contributed by atoms with Crippen molar-refractivity contribution in [1.82, 2.24) is 4.90 Å². The Bertz CT molecular complexity index is 834. The van der Waals surface area contributed by atoms with E-state index in [0.717, 1.165) is 21.2 Å². The quantitative estimate of drug-likeness (QED) is 0.351. The molecule has 1 unspecified atom stereocenters. The minimum absolute atomic E-state index is 0.153. The van der Waals surface area contributed by atoms with E-state index in [-0.39, 0.29) is 27.1 Å². The molecule has 0 bridgehead atoms. The van der Waals surface area contributed by atoms with Crippen LogP contribution in [0, 0.1) is 11.8 Å². The van der Waals surface area contributed by atoms with Gasteiger partial charge in [0.25, 0.3) is 0 Å². The summed E-state index contributed by atoms with van der Waals surface area (Å²) in [7, 11) is 0. The van der Waals surface area contributed by atoms with Gasteiger partial charge >= 0.3 is 155 Å².